The van der Waals surface area contributed by atoms with Crippen LogP contribution in [0.4, 0.5) is 0 Å². The van der Waals surface area contributed by atoms with Crippen molar-refractivity contribution in [2.24, 2.45) is 0 Å². The van der Waals surface area contributed by atoms with Gasteiger partial charge in [0, 0.05) is 25.1 Å². The minimum Gasteiger partial charge on any atom is -0.496 e. The maximum atomic E-state index is 13.2. The topological polar surface area (TPSA) is 47.6 Å². The van der Waals surface area contributed by atoms with Crippen LogP contribution in [-0.4, -0.2) is 31.8 Å². The Morgan fingerprint density at radius 1 is 1.13 bits per heavy atom. The molecular formula is C27H33NO3. The molecule has 1 heterocycles. The van der Waals surface area contributed by atoms with Gasteiger partial charge < -0.3 is 14.8 Å². The Labute approximate surface area is 185 Å². The Kier molecular flexibility index (Phi) is 7.08. The first-order chi connectivity index (χ1) is 15.2. The van der Waals surface area contributed by atoms with Crippen molar-refractivity contribution in [3.63, 3.8) is 0 Å². The fourth-order valence-electron chi connectivity index (χ4n) is 4.79. The second-order valence-corrected chi connectivity index (χ2v) is 8.64. The molecule has 1 N–H and O–H groups in total. The summed E-state index contributed by atoms with van der Waals surface area (Å²) in [6, 6.07) is 16.4. The van der Waals surface area contributed by atoms with E-state index in [-0.39, 0.29) is 5.91 Å². The van der Waals surface area contributed by atoms with Crippen LogP contribution >= 0.6 is 0 Å². The normalized spacial score (nSPS) is 20.9. The number of benzene rings is 2. The summed E-state index contributed by atoms with van der Waals surface area (Å²) in [5, 5.41) is 3.17. The number of amides is 1. The third-order valence-corrected chi connectivity index (χ3v) is 6.47. The summed E-state index contributed by atoms with van der Waals surface area (Å²) in [6.07, 6.45) is 10.5. The van der Waals surface area contributed by atoms with Crippen molar-refractivity contribution in [3.05, 3.63) is 65.7 Å². The quantitative estimate of drug-likeness (QED) is 0.578. The van der Waals surface area contributed by atoms with Crippen molar-refractivity contribution < 1.29 is 14.3 Å². The van der Waals surface area contributed by atoms with Crippen LogP contribution < -0.4 is 10.1 Å². The molecule has 2 aliphatic rings. The van der Waals surface area contributed by atoms with Gasteiger partial charge in [-0.3, -0.25) is 4.79 Å². The number of para-hydroxylation sites is 1. The van der Waals surface area contributed by atoms with Gasteiger partial charge in [-0.05, 0) is 62.1 Å². The maximum Gasteiger partial charge on any atom is 0.252 e. The van der Waals surface area contributed by atoms with Gasteiger partial charge in [-0.15, -0.1) is 0 Å². The molecule has 0 aromatic heterocycles. The number of hydrogen-bond acceptors (Lipinski definition) is 3. The second kappa shape index (κ2) is 10.1. The predicted octanol–water partition coefficient (Wildman–Crippen LogP) is 5.46. The second-order valence-electron chi connectivity index (χ2n) is 8.64. The van der Waals surface area contributed by atoms with Gasteiger partial charge in [-0.1, -0.05) is 54.1 Å². The molecule has 1 fully saturated rings. The lowest BCUT2D eigenvalue weighted by Crippen LogP contribution is -2.48. The van der Waals surface area contributed by atoms with E-state index in [1.807, 2.05) is 24.3 Å². The van der Waals surface area contributed by atoms with Crippen molar-refractivity contribution in [1.29, 1.82) is 0 Å². The molecule has 0 unspecified atom stereocenters. The van der Waals surface area contributed by atoms with Gasteiger partial charge in [0.2, 0.25) is 0 Å². The van der Waals surface area contributed by atoms with Crippen LogP contribution in [0.1, 0.15) is 50.5 Å². The Morgan fingerprint density at radius 3 is 2.81 bits per heavy atom. The highest BCUT2D eigenvalue weighted by molar-refractivity contribution is 5.86. The summed E-state index contributed by atoms with van der Waals surface area (Å²) >= 11 is 0. The summed E-state index contributed by atoms with van der Waals surface area (Å²) in [5.41, 5.74) is 3.97. The van der Waals surface area contributed by atoms with Crippen molar-refractivity contribution in [3.8, 4) is 16.9 Å². The predicted molar refractivity (Wildman–Crippen MR) is 124 cm³/mol. The zero-order chi connectivity index (χ0) is 21.5. The highest BCUT2D eigenvalue weighted by Crippen LogP contribution is 2.34. The Bertz CT molecular complexity index is 928. The zero-order valence-corrected chi connectivity index (χ0v) is 18.5. The van der Waals surface area contributed by atoms with E-state index in [9.17, 15) is 4.79 Å². The highest BCUT2D eigenvalue weighted by atomic mass is 16.5. The first-order valence-corrected chi connectivity index (χ1v) is 11.5. The largest absolute Gasteiger partial charge is 0.496 e. The Balaban J connectivity index is 1.46. The first-order valence-electron chi connectivity index (χ1n) is 11.5. The number of allylic oxidation sites excluding steroid dienone is 1. The summed E-state index contributed by atoms with van der Waals surface area (Å²) in [5.74, 6) is 0.880. The van der Waals surface area contributed by atoms with E-state index in [4.69, 9.17) is 9.47 Å². The molecule has 0 saturated carbocycles. The monoisotopic (exact) mass is 419 g/mol. The summed E-state index contributed by atoms with van der Waals surface area (Å²) in [6.45, 7) is 1.34. The van der Waals surface area contributed by atoms with Gasteiger partial charge in [-0.2, -0.15) is 0 Å². The number of ether oxygens (including phenoxy) is 2. The number of rotatable bonds is 8. The van der Waals surface area contributed by atoms with Crippen LogP contribution in [0.5, 0.6) is 5.75 Å². The fourth-order valence-corrected chi connectivity index (χ4v) is 4.79. The van der Waals surface area contributed by atoms with Crippen molar-refractivity contribution in [2.75, 3.05) is 20.3 Å². The molecule has 0 bridgehead atoms. The molecule has 1 amide bonds. The lowest BCUT2D eigenvalue weighted by Gasteiger charge is -2.28. The van der Waals surface area contributed by atoms with Crippen LogP contribution in [0.2, 0.25) is 0 Å². The van der Waals surface area contributed by atoms with E-state index in [1.54, 1.807) is 7.11 Å². The average Bonchev–Trinajstić information content (AvgIpc) is 3.29. The first kappa shape index (κ1) is 21.6. The smallest absolute Gasteiger partial charge is 0.252 e. The van der Waals surface area contributed by atoms with Gasteiger partial charge in [0.05, 0.1) is 7.11 Å². The maximum absolute atomic E-state index is 13.2. The van der Waals surface area contributed by atoms with E-state index < -0.39 is 5.60 Å². The lowest BCUT2D eigenvalue weighted by atomic mass is 9.89. The van der Waals surface area contributed by atoms with Gasteiger partial charge >= 0.3 is 0 Å². The van der Waals surface area contributed by atoms with Crippen molar-refractivity contribution in [1.82, 2.24) is 5.32 Å². The standard InChI is InChI=1S/C27H33NO3/c1-30-25-14-6-5-13-24(25)23-12-7-11-22(19-23)20-27(16-8-18-31-27)26(29)28-17-15-21-9-3-2-4-10-21/h5-7,9,11-14,19H,2-4,8,10,15-18,20H2,1H3,(H,28,29)/t27-/m1/s1. The molecule has 31 heavy (non-hydrogen) atoms. The highest BCUT2D eigenvalue weighted by Gasteiger charge is 2.42. The third kappa shape index (κ3) is 5.19. The molecule has 4 heteroatoms. The number of hydrogen-bond donors (Lipinski definition) is 1. The molecule has 4 rings (SSSR count). The number of methoxy groups -OCH3 is 1. The van der Waals surface area contributed by atoms with Gasteiger partial charge in [0.15, 0.2) is 5.60 Å². The van der Waals surface area contributed by atoms with E-state index in [0.717, 1.165) is 41.7 Å². The fraction of sp³-hybridized carbons (Fsp3) is 0.444. The molecule has 1 saturated heterocycles. The number of carbonyl (C=O) groups excluding carboxylic acids is 1. The molecule has 1 aliphatic heterocycles. The van der Waals surface area contributed by atoms with Crippen LogP contribution in [0, 0.1) is 0 Å². The molecule has 2 aromatic rings. The minimum atomic E-state index is -0.764. The molecule has 2 aromatic carbocycles. The van der Waals surface area contributed by atoms with Gasteiger partial charge in [0.25, 0.3) is 5.91 Å². The number of nitrogens with one attached hydrogen (secondary N) is 1. The SMILES string of the molecule is COc1ccccc1-c1cccc(C[C@@]2(C(=O)NCCC3=CCCCC3)CCCO2)c1. The molecule has 1 aliphatic carbocycles. The van der Waals surface area contributed by atoms with Crippen LogP contribution in [-0.2, 0) is 16.0 Å². The molecule has 4 nitrogen and oxygen atoms in total. The van der Waals surface area contributed by atoms with Crippen LogP contribution in [0.25, 0.3) is 11.1 Å². The zero-order valence-electron chi connectivity index (χ0n) is 18.5. The Morgan fingerprint density at radius 2 is 2.03 bits per heavy atom. The lowest BCUT2D eigenvalue weighted by molar-refractivity contribution is -0.141. The van der Waals surface area contributed by atoms with Crippen LogP contribution in [0.15, 0.2) is 60.2 Å². The molecule has 0 spiro atoms. The molecule has 164 valence electrons. The van der Waals surface area contributed by atoms with E-state index in [1.165, 1.54) is 31.3 Å². The van der Waals surface area contributed by atoms with Crippen molar-refractivity contribution in [2.45, 2.75) is 57.0 Å². The minimum absolute atomic E-state index is 0.0316. The van der Waals surface area contributed by atoms with E-state index in [2.05, 4.69) is 35.7 Å². The van der Waals surface area contributed by atoms with Gasteiger partial charge in [0.1, 0.15) is 5.75 Å². The molecular weight excluding hydrogens is 386 g/mol. The molecule has 1 atom stereocenters. The van der Waals surface area contributed by atoms with Gasteiger partial charge in [-0.25, -0.2) is 0 Å². The van der Waals surface area contributed by atoms with Crippen molar-refractivity contribution >= 4 is 5.91 Å². The van der Waals surface area contributed by atoms with E-state index in [0.29, 0.717) is 19.6 Å². The van der Waals surface area contributed by atoms with E-state index >= 15 is 0 Å². The number of carbonyl (C=O) groups is 1. The Hall–Kier alpha value is -2.59. The average molecular weight is 420 g/mol. The summed E-state index contributed by atoms with van der Waals surface area (Å²) < 4.78 is 11.6. The summed E-state index contributed by atoms with van der Waals surface area (Å²) in [7, 11) is 1.69. The third-order valence-electron chi connectivity index (χ3n) is 6.47. The summed E-state index contributed by atoms with van der Waals surface area (Å²) in [4.78, 5) is 13.2. The van der Waals surface area contributed by atoms with Crippen LogP contribution in [0.3, 0.4) is 0 Å². The molecule has 0 radical (unpaired) electrons.